The molecule has 2 aromatic heterocycles. The Kier molecular flexibility index (Phi) is 7.53. The molecule has 1 saturated heterocycles. The van der Waals surface area contributed by atoms with Crippen LogP contribution in [-0.2, 0) is 11.3 Å². The summed E-state index contributed by atoms with van der Waals surface area (Å²) in [5, 5.41) is 10.6. The molecule has 1 aliphatic heterocycles. The summed E-state index contributed by atoms with van der Waals surface area (Å²) in [6.07, 6.45) is 1.27. The molecule has 0 spiro atoms. The molecule has 1 atom stereocenters. The standard InChI is InChI=1S/C32H29N5O4/c1-20(38)29-30(28-19-33-15-16-40-28)24-12-11-22(17-27(24)41-31(29)39)36-32-34-14-13-26(37-32)23-9-5-6-10-25(23)35-18-21-7-3-2-4-8-21/h2-14,17,28,33,35H,15-16,18-19H2,1H3,(H,34,36,37). The maximum absolute atomic E-state index is 12.9. The van der Waals surface area contributed by atoms with Crippen LogP contribution in [0.15, 0.2) is 94.3 Å². The summed E-state index contributed by atoms with van der Waals surface area (Å²) in [6, 6.07) is 25.5. The molecule has 1 unspecified atom stereocenters. The minimum atomic E-state index is -0.677. The Bertz CT molecular complexity index is 1760. The number of anilines is 3. The molecule has 0 bridgehead atoms. The highest BCUT2D eigenvalue weighted by molar-refractivity contribution is 6.00. The number of hydrogen-bond donors (Lipinski definition) is 3. The number of ether oxygens (including phenoxy) is 1. The van der Waals surface area contributed by atoms with E-state index in [0.717, 1.165) is 16.9 Å². The maximum Gasteiger partial charge on any atom is 0.347 e. The van der Waals surface area contributed by atoms with Crippen LogP contribution < -0.4 is 21.6 Å². The quantitative estimate of drug-likeness (QED) is 0.172. The van der Waals surface area contributed by atoms with E-state index in [1.54, 1.807) is 12.3 Å². The number of morpholine rings is 1. The minimum absolute atomic E-state index is 0.0301. The van der Waals surface area contributed by atoms with Crippen LogP contribution in [0.4, 0.5) is 17.3 Å². The Labute approximate surface area is 236 Å². The zero-order valence-electron chi connectivity index (χ0n) is 22.5. The fourth-order valence-electron chi connectivity index (χ4n) is 5.07. The van der Waals surface area contributed by atoms with E-state index in [9.17, 15) is 9.59 Å². The van der Waals surface area contributed by atoms with Crippen LogP contribution in [0.3, 0.4) is 0 Å². The second-order valence-corrected chi connectivity index (χ2v) is 9.78. The van der Waals surface area contributed by atoms with E-state index in [4.69, 9.17) is 14.1 Å². The summed E-state index contributed by atoms with van der Waals surface area (Å²) in [5.41, 5.74) is 4.73. The summed E-state index contributed by atoms with van der Waals surface area (Å²) in [4.78, 5) is 34.4. The number of nitrogens with zero attached hydrogens (tertiary/aromatic N) is 2. The summed E-state index contributed by atoms with van der Waals surface area (Å²) < 4.78 is 11.5. The summed E-state index contributed by atoms with van der Waals surface area (Å²) >= 11 is 0. The van der Waals surface area contributed by atoms with Crippen LogP contribution in [0.2, 0.25) is 0 Å². The van der Waals surface area contributed by atoms with Crippen molar-refractivity contribution in [3.05, 3.63) is 112 Å². The van der Waals surface area contributed by atoms with Gasteiger partial charge in [0, 0.05) is 59.8 Å². The lowest BCUT2D eigenvalue weighted by atomic mass is 9.96. The predicted molar refractivity (Wildman–Crippen MR) is 159 cm³/mol. The van der Waals surface area contributed by atoms with Crippen LogP contribution in [-0.4, -0.2) is 35.4 Å². The molecular formula is C32H29N5O4. The van der Waals surface area contributed by atoms with Gasteiger partial charge in [-0.2, -0.15) is 0 Å². The Morgan fingerprint density at radius 3 is 2.68 bits per heavy atom. The van der Waals surface area contributed by atoms with Crippen molar-refractivity contribution in [2.24, 2.45) is 0 Å². The van der Waals surface area contributed by atoms with Gasteiger partial charge in [-0.25, -0.2) is 14.8 Å². The molecule has 1 fully saturated rings. The van der Waals surface area contributed by atoms with Crippen molar-refractivity contribution in [2.45, 2.75) is 19.6 Å². The Balaban J connectivity index is 1.29. The number of para-hydroxylation sites is 1. The lowest BCUT2D eigenvalue weighted by molar-refractivity contribution is 0.0277. The van der Waals surface area contributed by atoms with Crippen molar-refractivity contribution in [2.75, 3.05) is 30.3 Å². The number of carbonyl (C=O) groups is 1. The van der Waals surface area contributed by atoms with Crippen molar-refractivity contribution in [3.8, 4) is 11.3 Å². The van der Waals surface area contributed by atoms with E-state index in [1.807, 2.05) is 60.7 Å². The number of aromatic nitrogens is 2. The molecule has 5 aromatic rings. The van der Waals surface area contributed by atoms with Gasteiger partial charge in [0.1, 0.15) is 11.1 Å². The van der Waals surface area contributed by atoms with E-state index >= 15 is 0 Å². The van der Waals surface area contributed by atoms with Gasteiger partial charge in [-0.1, -0.05) is 48.5 Å². The van der Waals surface area contributed by atoms with Crippen molar-refractivity contribution in [1.82, 2.24) is 15.3 Å². The van der Waals surface area contributed by atoms with Crippen molar-refractivity contribution in [3.63, 3.8) is 0 Å². The molecule has 0 aliphatic carbocycles. The monoisotopic (exact) mass is 547 g/mol. The third-order valence-corrected chi connectivity index (χ3v) is 6.99. The highest BCUT2D eigenvalue weighted by Crippen LogP contribution is 2.32. The molecule has 9 nitrogen and oxygen atoms in total. The van der Waals surface area contributed by atoms with E-state index in [-0.39, 0.29) is 11.3 Å². The average Bonchev–Trinajstić information content (AvgIpc) is 3.00. The van der Waals surface area contributed by atoms with Crippen LogP contribution in [0, 0.1) is 0 Å². The second-order valence-electron chi connectivity index (χ2n) is 9.78. The minimum Gasteiger partial charge on any atom is -0.422 e. The normalized spacial score (nSPS) is 15.0. The second kappa shape index (κ2) is 11.7. The number of hydrogen-bond acceptors (Lipinski definition) is 9. The highest BCUT2D eigenvalue weighted by Gasteiger charge is 2.27. The fourth-order valence-corrected chi connectivity index (χ4v) is 5.07. The maximum atomic E-state index is 12.9. The third kappa shape index (κ3) is 5.72. The van der Waals surface area contributed by atoms with Gasteiger partial charge in [-0.15, -0.1) is 0 Å². The zero-order chi connectivity index (χ0) is 28.2. The number of ketones is 1. The summed E-state index contributed by atoms with van der Waals surface area (Å²) in [5.74, 6) is 0.0400. The van der Waals surface area contributed by atoms with Gasteiger partial charge >= 0.3 is 5.63 Å². The zero-order valence-corrected chi connectivity index (χ0v) is 22.5. The molecule has 9 heteroatoms. The van der Waals surface area contributed by atoms with Crippen molar-refractivity contribution >= 4 is 34.1 Å². The van der Waals surface area contributed by atoms with Gasteiger partial charge in [0.2, 0.25) is 5.95 Å². The molecule has 0 radical (unpaired) electrons. The molecule has 1 aliphatic rings. The number of rotatable bonds is 8. The van der Waals surface area contributed by atoms with Crippen molar-refractivity contribution < 1.29 is 13.9 Å². The molecule has 3 aromatic carbocycles. The first-order chi connectivity index (χ1) is 20.1. The molecular weight excluding hydrogens is 518 g/mol. The first kappa shape index (κ1) is 26.4. The fraction of sp³-hybridized carbons (Fsp3) is 0.188. The predicted octanol–water partition coefficient (Wildman–Crippen LogP) is 5.47. The molecule has 0 amide bonds. The van der Waals surface area contributed by atoms with Gasteiger partial charge in [-0.3, -0.25) is 4.79 Å². The third-order valence-electron chi connectivity index (χ3n) is 6.99. The number of benzene rings is 3. The highest BCUT2D eigenvalue weighted by atomic mass is 16.5. The first-order valence-corrected chi connectivity index (χ1v) is 13.5. The Morgan fingerprint density at radius 1 is 1.05 bits per heavy atom. The molecule has 3 N–H and O–H groups in total. The average molecular weight is 548 g/mol. The van der Waals surface area contributed by atoms with Gasteiger partial charge in [-0.05, 0) is 36.8 Å². The SMILES string of the molecule is CC(=O)c1c(C2CNCCO2)c2ccc(Nc3nccc(-c4ccccc4NCc4ccccc4)n3)cc2oc1=O. The lowest BCUT2D eigenvalue weighted by Gasteiger charge is -2.26. The number of carbonyl (C=O) groups excluding carboxylic acids is 1. The Hall–Kier alpha value is -4.86. The largest absolute Gasteiger partial charge is 0.422 e. The molecule has 6 rings (SSSR count). The smallest absolute Gasteiger partial charge is 0.347 e. The topological polar surface area (TPSA) is 118 Å². The Morgan fingerprint density at radius 2 is 1.88 bits per heavy atom. The molecule has 3 heterocycles. The molecule has 0 saturated carbocycles. The van der Waals surface area contributed by atoms with Gasteiger partial charge in [0.25, 0.3) is 0 Å². The van der Waals surface area contributed by atoms with Gasteiger partial charge in [0.15, 0.2) is 5.78 Å². The summed E-state index contributed by atoms with van der Waals surface area (Å²) in [6.45, 7) is 3.76. The lowest BCUT2D eigenvalue weighted by Crippen LogP contribution is -2.35. The summed E-state index contributed by atoms with van der Waals surface area (Å²) in [7, 11) is 0. The van der Waals surface area contributed by atoms with E-state index in [1.165, 1.54) is 12.5 Å². The van der Waals surface area contributed by atoms with E-state index < -0.39 is 11.7 Å². The van der Waals surface area contributed by atoms with Crippen molar-refractivity contribution in [1.29, 1.82) is 0 Å². The van der Waals surface area contributed by atoms with E-state index in [0.29, 0.717) is 54.4 Å². The molecule has 41 heavy (non-hydrogen) atoms. The van der Waals surface area contributed by atoms with Crippen LogP contribution >= 0.6 is 0 Å². The van der Waals surface area contributed by atoms with Gasteiger partial charge < -0.3 is 25.1 Å². The van der Waals surface area contributed by atoms with Gasteiger partial charge in [0.05, 0.1) is 18.4 Å². The first-order valence-electron chi connectivity index (χ1n) is 13.5. The van der Waals surface area contributed by atoms with Crippen LogP contribution in [0.25, 0.3) is 22.2 Å². The van der Waals surface area contributed by atoms with E-state index in [2.05, 4.69) is 33.1 Å². The van der Waals surface area contributed by atoms with Crippen LogP contribution in [0.1, 0.15) is 34.5 Å². The van der Waals surface area contributed by atoms with Crippen LogP contribution in [0.5, 0.6) is 0 Å². The number of Topliss-reactive ketones (excluding diaryl/α,β-unsaturated/α-hetero) is 1. The number of nitrogens with one attached hydrogen (secondary N) is 3. The molecule has 206 valence electrons. The number of fused-ring (bicyclic) bond motifs is 1.